The molecule has 126 valence electrons. The van der Waals surface area contributed by atoms with E-state index in [1.54, 1.807) is 24.3 Å². The van der Waals surface area contributed by atoms with Gasteiger partial charge in [0.05, 0.1) is 0 Å². The minimum atomic E-state index is -1.16. The minimum Gasteiger partial charge on any atom is -0.478 e. The second-order valence-electron chi connectivity index (χ2n) is 6.82. The van der Waals surface area contributed by atoms with Gasteiger partial charge < -0.3 is 14.7 Å². The second kappa shape index (κ2) is 6.33. The van der Waals surface area contributed by atoms with Crippen LogP contribution in [0.2, 0.25) is 5.02 Å². The number of hydrogen-bond acceptors (Lipinski definition) is 3. The van der Waals surface area contributed by atoms with E-state index >= 15 is 0 Å². The third kappa shape index (κ3) is 2.94. The van der Waals surface area contributed by atoms with Crippen LogP contribution in [0.25, 0.3) is 0 Å². The van der Waals surface area contributed by atoms with E-state index < -0.39 is 11.6 Å². The Morgan fingerprint density at radius 1 is 1.30 bits per heavy atom. The van der Waals surface area contributed by atoms with Gasteiger partial charge in [-0.1, -0.05) is 18.5 Å². The van der Waals surface area contributed by atoms with E-state index in [0.29, 0.717) is 29.3 Å². The van der Waals surface area contributed by atoms with Gasteiger partial charge >= 0.3 is 5.97 Å². The van der Waals surface area contributed by atoms with E-state index in [4.69, 9.17) is 16.3 Å². The summed E-state index contributed by atoms with van der Waals surface area (Å²) < 4.78 is 6.09. The highest BCUT2D eigenvalue weighted by atomic mass is 35.5. The van der Waals surface area contributed by atoms with Crippen molar-refractivity contribution >= 4 is 17.6 Å². The number of carboxylic acid groups (broad SMARTS) is 1. The fraction of sp³-hybridized carbons (Fsp3) is 0.611. The molecule has 2 aliphatic heterocycles. The summed E-state index contributed by atoms with van der Waals surface area (Å²) in [6.07, 6.45) is 4.57. The van der Waals surface area contributed by atoms with Crippen LogP contribution in [0, 0.1) is 5.92 Å². The molecule has 2 heterocycles. The molecule has 2 fully saturated rings. The molecular weight excluding hydrogens is 314 g/mol. The molecule has 0 spiro atoms. The molecule has 1 N–H and O–H groups in total. The van der Waals surface area contributed by atoms with Gasteiger partial charge in [0.25, 0.3) is 0 Å². The number of ether oxygens (including phenoxy) is 1. The van der Waals surface area contributed by atoms with Crippen LogP contribution in [0.1, 0.15) is 39.0 Å². The number of halogens is 1. The fourth-order valence-corrected chi connectivity index (χ4v) is 4.44. The minimum absolute atomic E-state index is 0.0365. The molecule has 1 aromatic carbocycles. The molecule has 1 aromatic rings. The van der Waals surface area contributed by atoms with Gasteiger partial charge in [-0.05, 0) is 63.4 Å². The lowest BCUT2D eigenvalue weighted by molar-refractivity contribution is -0.164. The molecule has 3 atom stereocenters. The molecule has 2 aliphatic rings. The molecule has 5 heteroatoms. The molecule has 3 unspecified atom stereocenters. The highest BCUT2D eigenvalue weighted by Crippen LogP contribution is 2.44. The van der Waals surface area contributed by atoms with Crippen LogP contribution in [-0.2, 0) is 4.79 Å². The van der Waals surface area contributed by atoms with Crippen LogP contribution < -0.4 is 4.74 Å². The average Bonchev–Trinajstić information content (AvgIpc) is 2.75. The summed E-state index contributed by atoms with van der Waals surface area (Å²) in [6, 6.07) is 7.93. The zero-order chi connectivity index (χ0) is 16.6. The first-order chi connectivity index (χ1) is 11.0. The quantitative estimate of drug-likeness (QED) is 0.887. The zero-order valence-electron chi connectivity index (χ0n) is 13.7. The van der Waals surface area contributed by atoms with Crippen molar-refractivity contribution in [1.29, 1.82) is 0 Å². The molecular formula is C18H24ClNO3. The predicted octanol–water partition coefficient (Wildman–Crippen LogP) is 3.83. The number of piperidine rings is 1. The van der Waals surface area contributed by atoms with Gasteiger partial charge in [0.1, 0.15) is 5.75 Å². The van der Waals surface area contributed by atoms with Crippen molar-refractivity contribution in [3.05, 3.63) is 29.3 Å². The van der Waals surface area contributed by atoms with Gasteiger partial charge in [0.2, 0.25) is 5.60 Å². The third-order valence-electron chi connectivity index (χ3n) is 5.76. The van der Waals surface area contributed by atoms with Crippen molar-refractivity contribution in [1.82, 2.24) is 4.90 Å². The molecule has 23 heavy (non-hydrogen) atoms. The normalized spacial score (nSPS) is 30.0. The van der Waals surface area contributed by atoms with E-state index in [0.717, 1.165) is 25.7 Å². The SMILES string of the molecule is CCC(Oc1ccc(Cl)cc1)(C(=O)O)C1CC2CCC(C1)N2C. The Bertz CT molecular complexity index is 562. The number of carboxylic acids is 1. The lowest BCUT2D eigenvalue weighted by atomic mass is 9.76. The molecule has 0 radical (unpaired) electrons. The standard InChI is InChI=1S/C18H24ClNO3/c1-3-18(17(21)22,23-16-8-4-13(19)5-9-16)12-10-14-6-7-15(11-12)20(14)2/h4-5,8-9,12,14-15H,3,6-7,10-11H2,1-2H3,(H,21,22). The van der Waals surface area contributed by atoms with E-state index in [1.165, 1.54) is 0 Å². The number of nitrogens with zero attached hydrogens (tertiary/aromatic N) is 1. The summed E-state index contributed by atoms with van der Waals surface area (Å²) >= 11 is 5.91. The Balaban J connectivity index is 1.87. The Kier molecular flexibility index (Phi) is 4.56. The Hall–Kier alpha value is -1.26. The van der Waals surface area contributed by atoms with Crippen molar-refractivity contribution in [3.63, 3.8) is 0 Å². The van der Waals surface area contributed by atoms with Crippen molar-refractivity contribution in [2.45, 2.75) is 56.7 Å². The first kappa shape index (κ1) is 16.6. The van der Waals surface area contributed by atoms with Crippen molar-refractivity contribution in [3.8, 4) is 5.75 Å². The second-order valence-corrected chi connectivity index (χ2v) is 7.26. The summed E-state index contributed by atoms with van der Waals surface area (Å²) in [6.45, 7) is 1.91. The maximum absolute atomic E-state index is 12.2. The molecule has 0 aromatic heterocycles. The fourth-order valence-electron chi connectivity index (χ4n) is 4.32. The number of carbonyl (C=O) groups is 1. The average molecular weight is 338 g/mol. The van der Waals surface area contributed by atoms with Crippen LogP contribution >= 0.6 is 11.6 Å². The summed E-state index contributed by atoms with van der Waals surface area (Å²) in [7, 11) is 2.16. The first-order valence-corrected chi connectivity index (χ1v) is 8.74. The van der Waals surface area contributed by atoms with E-state index in [1.807, 2.05) is 6.92 Å². The van der Waals surface area contributed by atoms with Gasteiger partial charge in [-0.15, -0.1) is 0 Å². The number of rotatable bonds is 5. The third-order valence-corrected chi connectivity index (χ3v) is 6.01. The predicted molar refractivity (Wildman–Crippen MR) is 90.0 cm³/mol. The first-order valence-electron chi connectivity index (χ1n) is 8.36. The molecule has 3 rings (SSSR count). The van der Waals surface area contributed by atoms with Crippen molar-refractivity contribution in [2.24, 2.45) is 5.92 Å². The number of fused-ring (bicyclic) bond motifs is 2. The van der Waals surface area contributed by atoms with Gasteiger partial charge in [-0.2, -0.15) is 0 Å². The van der Waals surface area contributed by atoms with Crippen molar-refractivity contribution in [2.75, 3.05) is 7.05 Å². The highest BCUT2D eigenvalue weighted by molar-refractivity contribution is 6.30. The van der Waals surface area contributed by atoms with E-state index in [-0.39, 0.29) is 5.92 Å². The number of hydrogen-bond donors (Lipinski definition) is 1. The summed E-state index contributed by atoms with van der Waals surface area (Å²) in [5.74, 6) is -0.247. The monoisotopic (exact) mass is 337 g/mol. The lowest BCUT2D eigenvalue weighted by Crippen LogP contribution is -2.55. The van der Waals surface area contributed by atoms with Gasteiger partial charge in [-0.3, -0.25) is 0 Å². The van der Waals surface area contributed by atoms with Crippen LogP contribution in [0.5, 0.6) is 5.75 Å². The van der Waals surface area contributed by atoms with Gasteiger partial charge in [0.15, 0.2) is 0 Å². The van der Waals surface area contributed by atoms with Gasteiger partial charge in [-0.25, -0.2) is 4.79 Å². The number of benzene rings is 1. The zero-order valence-corrected chi connectivity index (χ0v) is 14.4. The van der Waals surface area contributed by atoms with Crippen LogP contribution in [-0.4, -0.2) is 40.7 Å². The molecule has 4 nitrogen and oxygen atoms in total. The summed E-state index contributed by atoms with van der Waals surface area (Å²) in [5, 5.41) is 10.6. The Morgan fingerprint density at radius 3 is 2.35 bits per heavy atom. The lowest BCUT2D eigenvalue weighted by Gasteiger charge is -2.44. The molecule has 2 bridgehead atoms. The molecule has 0 saturated carbocycles. The van der Waals surface area contributed by atoms with Crippen LogP contribution in [0.4, 0.5) is 0 Å². The van der Waals surface area contributed by atoms with E-state index in [2.05, 4.69) is 11.9 Å². The Labute approximate surface area is 142 Å². The molecule has 2 saturated heterocycles. The molecule has 0 amide bonds. The van der Waals surface area contributed by atoms with Gasteiger partial charge in [0, 0.05) is 23.0 Å². The maximum atomic E-state index is 12.2. The Morgan fingerprint density at radius 2 is 1.87 bits per heavy atom. The smallest absolute Gasteiger partial charge is 0.348 e. The molecule has 0 aliphatic carbocycles. The highest BCUT2D eigenvalue weighted by Gasteiger charge is 2.52. The summed E-state index contributed by atoms with van der Waals surface area (Å²) in [4.78, 5) is 14.6. The van der Waals surface area contributed by atoms with E-state index in [9.17, 15) is 9.90 Å². The maximum Gasteiger partial charge on any atom is 0.348 e. The number of aliphatic carboxylic acids is 1. The topological polar surface area (TPSA) is 49.8 Å². The van der Waals surface area contributed by atoms with Crippen LogP contribution in [0.3, 0.4) is 0 Å². The summed E-state index contributed by atoms with van der Waals surface area (Å²) in [5.41, 5.74) is -1.16. The largest absolute Gasteiger partial charge is 0.478 e. The van der Waals surface area contributed by atoms with Crippen LogP contribution in [0.15, 0.2) is 24.3 Å². The van der Waals surface area contributed by atoms with Crippen molar-refractivity contribution < 1.29 is 14.6 Å².